The van der Waals surface area contributed by atoms with Gasteiger partial charge in [0.05, 0.1) is 11.5 Å². The van der Waals surface area contributed by atoms with Crippen molar-refractivity contribution in [3.05, 3.63) is 28.2 Å². The van der Waals surface area contributed by atoms with Gasteiger partial charge in [0.2, 0.25) is 0 Å². The third-order valence-corrected chi connectivity index (χ3v) is 5.32. The highest BCUT2D eigenvalue weighted by molar-refractivity contribution is 9.10. The Balaban J connectivity index is 2.23. The number of hydrogen-bond donors (Lipinski definition) is 2. The van der Waals surface area contributed by atoms with Crippen LogP contribution in [-0.4, -0.2) is 31.0 Å². The zero-order valence-electron chi connectivity index (χ0n) is 9.52. The molecule has 4 nitrogen and oxygen atoms in total. The molecule has 1 aliphatic heterocycles. The molecule has 7 heteroatoms. The van der Waals surface area contributed by atoms with Crippen LogP contribution in [0.1, 0.15) is 12.0 Å². The second kappa shape index (κ2) is 5.14. The predicted octanol–water partition coefficient (Wildman–Crippen LogP) is 1.68. The van der Waals surface area contributed by atoms with E-state index in [4.69, 9.17) is 18.0 Å². The standard InChI is InChI=1S/C11H13BrN2O2S2/c12-7-1-2-9(11(13)17)10(5-7)14-8-3-4-18(15,16)6-8/h1-2,5,8,14H,3-4,6H2,(H2,13,17). The number of anilines is 1. The maximum absolute atomic E-state index is 11.4. The molecule has 1 unspecified atom stereocenters. The summed E-state index contributed by atoms with van der Waals surface area (Å²) < 4.78 is 23.7. The Hall–Kier alpha value is -0.660. The lowest BCUT2D eigenvalue weighted by molar-refractivity contribution is 0.602. The molecule has 0 aliphatic carbocycles. The van der Waals surface area contributed by atoms with Crippen LogP contribution in [0.3, 0.4) is 0 Å². The first-order chi connectivity index (χ1) is 8.37. The average Bonchev–Trinajstić information content (AvgIpc) is 2.57. The average molecular weight is 349 g/mol. The van der Waals surface area contributed by atoms with E-state index in [0.29, 0.717) is 11.4 Å². The monoisotopic (exact) mass is 348 g/mol. The Bertz CT molecular complexity index is 587. The van der Waals surface area contributed by atoms with Gasteiger partial charge in [-0.2, -0.15) is 0 Å². The maximum Gasteiger partial charge on any atom is 0.152 e. The minimum Gasteiger partial charge on any atom is -0.389 e. The van der Waals surface area contributed by atoms with Gasteiger partial charge >= 0.3 is 0 Å². The number of halogens is 1. The molecule has 1 heterocycles. The molecule has 0 aromatic heterocycles. The summed E-state index contributed by atoms with van der Waals surface area (Å²) in [6.07, 6.45) is 0.617. The van der Waals surface area contributed by atoms with Crippen molar-refractivity contribution in [2.75, 3.05) is 16.8 Å². The molecule has 1 fully saturated rings. The predicted molar refractivity (Wildman–Crippen MR) is 80.7 cm³/mol. The van der Waals surface area contributed by atoms with Gasteiger partial charge in [-0.15, -0.1) is 0 Å². The van der Waals surface area contributed by atoms with Crippen molar-refractivity contribution in [3.8, 4) is 0 Å². The summed E-state index contributed by atoms with van der Waals surface area (Å²) in [5.74, 6) is 0.400. The molecule has 0 bridgehead atoms. The van der Waals surface area contributed by atoms with Crippen LogP contribution < -0.4 is 11.1 Å². The molecule has 1 aliphatic rings. The fourth-order valence-electron chi connectivity index (χ4n) is 1.98. The number of nitrogens with two attached hydrogens (primary N) is 1. The molecule has 3 N–H and O–H groups in total. The molecular formula is C11H13BrN2O2S2. The highest BCUT2D eigenvalue weighted by Crippen LogP contribution is 2.24. The van der Waals surface area contributed by atoms with Crippen LogP contribution in [0.4, 0.5) is 5.69 Å². The first kappa shape index (κ1) is 13.8. The normalized spacial score (nSPS) is 21.7. The quantitative estimate of drug-likeness (QED) is 0.813. The lowest BCUT2D eigenvalue weighted by Gasteiger charge is -2.16. The van der Waals surface area contributed by atoms with Crippen LogP contribution in [0.15, 0.2) is 22.7 Å². The first-order valence-electron chi connectivity index (χ1n) is 5.44. The van der Waals surface area contributed by atoms with Gasteiger partial charge in [0.25, 0.3) is 0 Å². The lowest BCUT2D eigenvalue weighted by Crippen LogP contribution is -2.23. The number of hydrogen-bond acceptors (Lipinski definition) is 4. The Morgan fingerprint density at radius 3 is 2.78 bits per heavy atom. The van der Waals surface area contributed by atoms with Gasteiger partial charge in [-0.05, 0) is 24.6 Å². The van der Waals surface area contributed by atoms with Crippen molar-refractivity contribution >= 4 is 48.7 Å². The fraction of sp³-hybridized carbons (Fsp3) is 0.364. The third-order valence-electron chi connectivity index (χ3n) is 2.84. The minimum atomic E-state index is -2.90. The molecule has 0 saturated carbocycles. The Labute approximate surface area is 120 Å². The highest BCUT2D eigenvalue weighted by atomic mass is 79.9. The zero-order chi connectivity index (χ0) is 13.3. The third kappa shape index (κ3) is 3.21. The van der Waals surface area contributed by atoms with Gasteiger partial charge in [-0.3, -0.25) is 0 Å². The van der Waals surface area contributed by atoms with E-state index < -0.39 is 9.84 Å². The molecule has 1 saturated heterocycles. The SMILES string of the molecule is NC(=S)c1ccc(Br)cc1NC1CCS(=O)(=O)C1. The van der Waals surface area contributed by atoms with E-state index in [9.17, 15) is 8.42 Å². The molecule has 18 heavy (non-hydrogen) atoms. The van der Waals surface area contributed by atoms with Crippen molar-refractivity contribution in [2.24, 2.45) is 5.73 Å². The van der Waals surface area contributed by atoms with E-state index in [-0.39, 0.29) is 17.5 Å². The molecule has 1 atom stereocenters. The molecule has 0 radical (unpaired) electrons. The van der Waals surface area contributed by atoms with Gasteiger partial charge in [0, 0.05) is 21.8 Å². The van der Waals surface area contributed by atoms with Crippen LogP contribution in [0.2, 0.25) is 0 Å². The molecular weight excluding hydrogens is 336 g/mol. The summed E-state index contributed by atoms with van der Waals surface area (Å²) >= 11 is 8.36. The number of thiocarbonyl (C=S) groups is 1. The van der Waals surface area contributed by atoms with Crippen LogP contribution in [-0.2, 0) is 9.84 Å². The molecule has 0 amide bonds. The second-order valence-corrected chi connectivity index (χ2v) is 7.88. The van der Waals surface area contributed by atoms with E-state index in [0.717, 1.165) is 15.7 Å². The van der Waals surface area contributed by atoms with E-state index in [2.05, 4.69) is 21.2 Å². The maximum atomic E-state index is 11.4. The van der Waals surface area contributed by atoms with Gasteiger partial charge < -0.3 is 11.1 Å². The van der Waals surface area contributed by atoms with Crippen LogP contribution in [0.25, 0.3) is 0 Å². The van der Waals surface area contributed by atoms with Gasteiger partial charge in [0.1, 0.15) is 4.99 Å². The summed E-state index contributed by atoms with van der Waals surface area (Å²) in [6.45, 7) is 0. The second-order valence-electron chi connectivity index (χ2n) is 4.30. The van der Waals surface area contributed by atoms with Crippen molar-refractivity contribution in [1.29, 1.82) is 0 Å². The zero-order valence-corrected chi connectivity index (χ0v) is 12.7. The summed E-state index contributed by atoms with van der Waals surface area (Å²) in [4.78, 5) is 0.297. The molecule has 98 valence electrons. The van der Waals surface area contributed by atoms with Crippen molar-refractivity contribution in [3.63, 3.8) is 0 Å². The van der Waals surface area contributed by atoms with Crippen molar-refractivity contribution in [1.82, 2.24) is 0 Å². The summed E-state index contributed by atoms with van der Waals surface area (Å²) in [5.41, 5.74) is 7.16. The van der Waals surface area contributed by atoms with E-state index in [1.807, 2.05) is 18.2 Å². The Morgan fingerprint density at radius 1 is 1.50 bits per heavy atom. The van der Waals surface area contributed by atoms with Gasteiger partial charge in [-0.25, -0.2) is 8.42 Å². The topological polar surface area (TPSA) is 72.2 Å². The van der Waals surface area contributed by atoms with Gasteiger partial charge in [-0.1, -0.05) is 28.1 Å². The van der Waals surface area contributed by atoms with Crippen LogP contribution in [0.5, 0.6) is 0 Å². The number of sulfone groups is 1. The van der Waals surface area contributed by atoms with Crippen molar-refractivity contribution < 1.29 is 8.42 Å². The smallest absolute Gasteiger partial charge is 0.152 e. The minimum absolute atomic E-state index is 0.0719. The summed E-state index contributed by atoms with van der Waals surface area (Å²) in [7, 11) is -2.90. The molecule has 1 aromatic carbocycles. The summed E-state index contributed by atoms with van der Waals surface area (Å²) in [5, 5.41) is 3.21. The number of benzene rings is 1. The summed E-state index contributed by atoms with van der Waals surface area (Å²) in [6, 6.07) is 5.46. The highest BCUT2D eigenvalue weighted by Gasteiger charge is 2.28. The van der Waals surface area contributed by atoms with E-state index in [1.54, 1.807) is 0 Å². The van der Waals surface area contributed by atoms with E-state index >= 15 is 0 Å². The molecule has 1 aromatic rings. The largest absolute Gasteiger partial charge is 0.389 e. The van der Waals surface area contributed by atoms with Crippen molar-refractivity contribution in [2.45, 2.75) is 12.5 Å². The van der Waals surface area contributed by atoms with E-state index in [1.165, 1.54) is 0 Å². The lowest BCUT2D eigenvalue weighted by atomic mass is 10.1. The Kier molecular flexibility index (Phi) is 3.93. The first-order valence-corrected chi connectivity index (χ1v) is 8.46. The van der Waals surface area contributed by atoms with Crippen LogP contribution in [0, 0.1) is 0 Å². The number of nitrogens with one attached hydrogen (secondary N) is 1. The fourth-order valence-corrected chi connectivity index (χ4v) is 4.19. The molecule has 2 rings (SSSR count). The molecule has 0 spiro atoms. The van der Waals surface area contributed by atoms with Gasteiger partial charge in [0.15, 0.2) is 9.84 Å². The Morgan fingerprint density at radius 2 is 2.22 bits per heavy atom. The van der Waals surface area contributed by atoms with Crippen LogP contribution >= 0.6 is 28.1 Å². The number of rotatable bonds is 3.